The lowest BCUT2D eigenvalue weighted by molar-refractivity contribution is 0.0747. The van der Waals surface area contributed by atoms with Crippen LogP contribution in [0.25, 0.3) is 33.5 Å². The summed E-state index contributed by atoms with van der Waals surface area (Å²) in [4.78, 5) is 28.2. The van der Waals surface area contributed by atoms with Gasteiger partial charge in [0.25, 0.3) is 5.91 Å². The molecule has 0 saturated carbocycles. The van der Waals surface area contributed by atoms with Crippen LogP contribution in [0.3, 0.4) is 0 Å². The second-order valence-corrected chi connectivity index (χ2v) is 11.3. The van der Waals surface area contributed by atoms with Gasteiger partial charge in [0.15, 0.2) is 23.0 Å². The van der Waals surface area contributed by atoms with Gasteiger partial charge in [-0.1, -0.05) is 12.1 Å². The fraction of sp³-hybridized carbons (Fsp3) is 0.270. The molecule has 6 rings (SSSR count). The summed E-state index contributed by atoms with van der Waals surface area (Å²) in [6.07, 6.45) is 0. The lowest BCUT2D eigenvalue weighted by Crippen LogP contribution is -2.49. The van der Waals surface area contributed by atoms with E-state index in [4.69, 9.17) is 28.9 Å². The van der Waals surface area contributed by atoms with E-state index in [0.717, 1.165) is 24.2 Å². The van der Waals surface area contributed by atoms with Crippen molar-refractivity contribution in [3.8, 4) is 45.5 Å². The SMILES string of the molecule is COc1ccc(-c2nc3ccc(C(=O)N4CCN(c5cccc(C)c5C)CC4)cc3nc2-c2ccc(OC)c(OC)c2)cc1OC. The van der Waals surface area contributed by atoms with E-state index in [9.17, 15) is 4.79 Å². The molecule has 0 unspecified atom stereocenters. The third-order valence-electron chi connectivity index (χ3n) is 8.71. The van der Waals surface area contributed by atoms with Crippen LogP contribution in [0, 0.1) is 13.8 Å². The van der Waals surface area contributed by atoms with Crippen molar-refractivity contribution in [2.24, 2.45) is 0 Å². The number of nitrogens with zero attached hydrogens (tertiary/aromatic N) is 4. The van der Waals surface area contributed by atoms with Crippen molar-refractivity contribution >= 4 is 22.6 Å². The minimum absolute atomic E-state index is 0.0130. The number of amides is 1. The average molecular weight is 619 g/mol. The number of fused-ring (bicyclic) bond motifs is 1. The van der Waals surface area contributed by atoms with Crippen molar-refractivity contribution in [3.63, 3.8) is 0 Å². The molecule has 1 saturated heterocycles. The molecule has 5 aromatic rings. The number of carbonyl (C=O) groups is 1. The Morgan fingerprint density at radius 2 is 1.20 bits per heavy atom. The number of hydrogen-bond donors (Lipinski definition) is 0. The molecule has 1 aromatic heterocycles. The molecule has 1 aliphatic rings. The fourth-order valence-electron chi connectivity index (χ4n) is 5.97. The summed E-state index contributed by atoms with van der Waals surface area (Å²) in [5.74, 6) is 2.37. The van der Waals surface area contributed by atoms with Gasteiger partial charge in [-0.3, -0.25) is 4.79 Å². The number of aryl methyl sites for hydroxylation is 1. The quantitative estimate of drug-likeness (QED) is 0.193. The summed E-state index contributed by atoms with van der Waals surface area (Å²) in [5, 5.41) is 0. The number of methoxy groups -OCH3 is 4. The maximum absolute atomic E-state index is 13.7. The fourth-order valence-corrected chi connectivity index (χ4v) is 5.97. The van der Waals surface area contributed by atoms with E-state index in [1.165, 1.54) is 16.8 Å². The van der Waals surface area contributed by atoms with Gasteiger partial charge in [0.05, 0.1) is 50.9 Å². The second-order valence-electron chi connectivity index (χ2n) is 11.3. The third-order valence-corrected chi connectivity index (χ3v) is 8.71. The number of anilines is 1. The van der Waals surface area contributed by atoms with Gasteiger partial charge >= 0.3 is 0 Å². The lowest BCUT2D eigenvalue weighted by atomic mass is 10.0. The molecular weight excluding hydrogens is 580 g/mol. The van der Waals surface area contributed by atoms with Crippen LogP contribution in [0.15, 0.2) is 72.8 Å². The predicted octanol–water partition coefficient (Wildman–Crippen LogP) is 6.58. The minimum Gasteiger partial charge on any atom is -0.493 e. The molecule has 0 spiro atoms. The highest BCUT2D eigenvalue weighted by Crippen LogP contribution is 2.39. The maximum Gasteiger partial charge on any atom is 0.254 e. The highest BCUT2D eigenvalue weighted by Gasteiger charge is 2.24. The maximum atomic E-state index is 13.7. The molecule has 1 aliphatic heterocycles. The van der Waals surface area contributed by atoms with Gasteiger partial charge in [-0.25, -0.2) is 9.97 Å². The second kappa shape index (κ2) is 13.0. The summed E-state index contributed by atoms with van der Waals surface area (Å²) in [6.45, 7) is 7.14. The van der Waals surface area contributed by atoms with Gasteiger partial charge in [-0.2, -0.15) is 0 Å². The van der Waals surface area contributed by atoms with Crippen molar-refractivity contribution in [1.29, 1.82) is 0 Å². The van der Waals surface area contributed by atoms with Crippen molar-refractivity contribution in [3.05, 3.63) is 89.5 Å². The zero-order valence-electron chi connectivity index (χ0n) is 27.1. The number of hydrogen-bond acceptors (Lipinski definition) is 8. The molecule has 0 N–H and O–H groups in total. The normalized spacial score (nSPS) is 13.1. The molecule has 236 valence electrons. The van der Waals surface area contributed by atoms with Crippen LogP contribution in [-0.4, -0.2) is 75.4 Å². The van der Waals surface area contributed by atoms with Crippen molar-refractivity contribution < 1.29 is 23.7 Å². The minimum atomic E-state index is -0.0130. The average Bonchev–Trinajstić information content (AvgIpc) is 3.11. The lowest BCUT2D eigenvalue weighted by Gasteiger charge is -2.37. The van der Waals surface area contributed by atoms with Crippen molar-refractivity contribution in [2.45, 2.75) is 13.8 Å². The Kier molecular flexibility index (Phi) is 8.66. The van der Waals surface area contributed by atoms with E-state index in [2.05, 4.69) is 36.9 Å². The molecule has 46 heavy (non-hydrogen) atoms. The summed E-state index contributed by atoms with van der Waals surface area (Å²) < 4.78 is 22.1. The smallest absolute Gasteiger partial charge is 0.254 e. The van der Waals surface area contributed by atoms with Crippen LogP contribution in [0.1, 0.15) is 21.5 Å². The van der Waals surface area contributed by atoms with E-state index < -0.39 is 0 Å². The summed E-state index contributed by atoms with van der Waals surface area (Å²) >= 11 is 0. The van der Waals surface area contributed by atoms with Crippen LogP contribution < -0.4 is 23.8 Å². The first-order chi connectivity index (χ1) is 22.3. The largest absolute Gasteiger partial charge is 0.493 e. The van der Waals surface area contributed by atoms with Crippen molar-refractivity contribution in [2.75, 3.05) is 59.5 Å². The summed E-state index contributed by atoms with van der Waals surface area (Å²) in [7, 11) is 6.41. The van der Waals surface area contributed by atoms with Gasteiger partial charge in [0, 0.05) is 48.6 Å². The van der Waals surface area contributed by atoms with Crippen LogP contribution in [0.2, 0.25) is 0 Å². The Balaban J connectivity index is 1.36. The van der Waals surface area contributed by atoms with Crippen LogP contribution >= 0.6 is 0 Å². The molecule has 2 heterocycles. The molecule has 4 aromatic carbocycles. The molecular formula is C37H38N4O5. The molecule has 0 bridgehead atoms. The number of benzene rings is 4. The third kappa shape index (κ3) is 5.76. The Morgan fingerprint density at radius 3 is 1.76 bits per heavy atom. The predicted molar refractivity (Wildman–Crippen MR) is 181 cm³/mol. The van der Waals surface area contributed by atoms with Gasteiger partial charge < -0.3 is 28.7 Å². The monoisotopic (exact) mass is 618 g/mol. The number of carbonyl (C=O) groups excluding carboxylic acids is 1. The summed E-state index contributed by atoms with van der Waals surface area (Å²) in [6, 6.07) is 23.2. The standard InChI is InChI=1S/C37H38N4O5/c1-23-8-7-9-30(24(23)2)40-16-18-41(19-17-40)37(42)27-10-13-28-29(20-27)39-36(26-12-15-32(44-4)34(22-26)46-6)35(38-28)25-11-14-31(43-3)33(21-25)45-5/h7-15,20-22H,16-19H2,1-6H3. The van der Waals surface area contributed by atoms with Gasteiger partial charge in [0.1, 0.15) is 0 Å². The molecule has 9 nitrogen and oxygen atoms in total. The number of rotatable bonds is 8. The highest BCUT2D eigenvalue weighted by atomic mass is 16.5. The first kappa shape index (κ1) is 30.7. The first-order valence-corrected chi connectivity index (χ1v) is 15.2. The zero-order valence-corrected chi connectivity index (χ0v) is 27.1. The van der Waals surface area contributed by atoms with Crippen LogP contribution in [0.4, 0.5) is 5.69 Å². The van der Waals surface area contributed by atoms with Gasteiger partial charge in [0.2, 0.25) is 0 Å². The topological polar surface area (TPSA) is 86.3 Å². The van der Waals surface area contributed by atoms with E-state index in [-0.39, 0.29) is 5.91 Å². The van der Waals surface area contributed by atoms with Crippen LogP contribution in [0.5, 0.6) is 23.0 Å². The molecule has 1 fully saturated rings. The number of aromatic nitrogens is 2. The molecule has 1 amide bonds. The first-order valence-electron chi connectivity index (χ1n) is 15.2. The summed E-state index contributed by atoms with van der Waals surface area (Å²) in [5.41, 5.74) is 8.55. The Bertz CT molecular complexity index is 1920. The Morgan fingerprint density at radius 1 is 0.630 bits per heavy atom. The van der Waals surface area contributed by atoms with Gasteiger partial charge in [-0.05, 0) is 85.6 Å². The number of ether oxygens (including phenoxy) is 4. The molecule has 9 heteroatoms. The highest BCUT2D eigenvalue weighted by molar-refractivity contribution is 5.98. The van der Waals surface area contributed by atoms with E-state index in [1.807, 2.05) is 59.5 Å². The van der Waals surface area contributed by atoms with E-state index >= 15 is 0 Å². The Hall–Kier alpha value is -5.31. The van der Waals surface area contributed by atoms with Crippen LogP contribution in [-0.2, 0) is 0 Å². The van der Waals surface area contributed by atoms with E-state index in [0.29, 0.717) is 64.1 Å². The van der Waals surface area contributed by atoms with E-state index in [1.54, 1.807) is 28.4 Å². The zero-order chi connectivity index (χ0) is 32.4. The van der Waals surface area contributed by atoms with Crippen molar-refractivity contribution in [1.82, 2.24) is 14.9 Å². The number of piperazine rings is 1. The molecule has 0 atom stereocenters. The Labute approximate surface area is 269 Å². The van der Waals surface area contributed by atoms with Gasteiger partial charge in [-0.15, -0.1) is 0 Å². The molecule has 0 radical (unpaired) electrons. The molecule has 0 aliphatic carbocycles.